The molecule has 3 rings (SSSR count). The lowest BCUT2D eigenvalue weighted by atomic mass is 9.96. The maximum absolute atomic E-state index is 11.0. The smallest absolute Gasteiger partial charge is 0.306 e. The average molecular weight is 289 g/mol. The van der Waals surface area contributed by atoms with Gasteiger partial charge in [-0.05, 0) is 25.0 Å². The van der Waals surface area contributed by atoms with Crippen molar-refractivity contribution in [1.29, 1.82) is 0 Å². The van der Waals surface area contributed by atoms with Crippen LogP contribution in [0.3, 0.4) is 0 Å². The molecule has 6 heteroatoms. The topological polar surface area (TPSA) is 55.1 Å². The second-order valence-corrected chi connectivity index (χ2v) is 6.10. The summed E-state index contributed by atoms with van der Waals surface area (Å²) in [4.78, 5) is 15.5. The Bertz CT molecular complexity index is 443. The molecule has 1 fully saturated rings. The number of halogens is 1. The van der Waals surface area contributed by atoms with Gasteiger partial charge in [-0.25, -0.2) is 4.98 Å². The zero-order chi connectivity index (χ0) is 11.8. The number of aliphatic carboxylic acids is 1. The summed E-state index contributed by atoms with van der Waals surface area (Å²) in [6, 6.07) is 0. The summed E-state index contributed by atoms with van der Waals surface area (Å²) in [5.41, 5.74) is 1.10. The summed E-state index contributed by atoms with van der Waals surface area (Å²) in [7, 11) is 0. The molecule has 1 saturated heterocycles. The van der Waals surface area contributed by atoms with Crippen LogP contribution in [-0.4, -0.2) is 26.4 Å². The number of nitrogens with zero attached hydrogens (tertiary/aromatic N) is 2. The van der Waals surface area contributed by atoms with Crippen molar-refractivity contribution in [1.82, 2.24) is 9.55 Å². The highest BCUT2D eigenvalue weighted by Gasteiger charge is 2.29. The molecule has 0 bridgehead atoms. The molecule has 100 valence electrons. The van der Waals surface area contributed by atoms with Gasteiger partial charge in [0.05, 0.1) is 11.2 Å². The third-order valence-electron chi connectivity index (χ3n) is 3.69. The van der Waals surface area contributed by atoms with Gasteiger partial charge in [-0.1, -0.05) is 0 Å². The van der Waals surface area contributed by atoms with Gasteiger partial charge in [-0.3, -0.25) is 4.79 Å². The molecule has 18 heavy (non-hydrogen) atoms. The van der Waals surface area contributed by atoms with Crippen molar-refractivity contribution >= 4 is 30.1 Å². The number of fused-ring (bicyclic) bond motifs is 1. The molecule has 4 nitrogen and oxygen atoms in total. The van der Waals surface area contributed by atoms with Gasteiger partial charge in [-0.2, -0.15) is 11.8 Å². The average Bonchev–Trinajstić information content (AvgIpc) is 2.96. The van der Waals surface area contributed by atoms with Crippen LogP contribution in [0.1, 0.15) is 36.0 Å². The third kappa shape index (κ3) is 2.38. The summed E-state index contributed by atoms with van der Waals surface area (Å²) in [5.74, 6) is 1.51. The van der Waals surface area contributed by atoms with Gasteiger partial charge in [0.2, 0.25) is 0 Å². The van der Waals surface area contributed by atoms with Crippen LogP contribution in [0.25, 0.3) is 0 Å². The molecule has 2 aliphatic heterocycles. The van der Waals surface area contributed by atoms with Gasteiger partial charge in [0, 0.05) is 24.9 Å². The first-order chi connectivity index (χ1) is 8.25. The Kier molecular flexibility index (Phi) is 4.22. The molecule has 1 aromatic rings. The molecular weight excluding hydrogens is 272 g/mol. The Morgan fingerprint density at radius 3 is 3.00 bits per heavy atom. The van der Waals surface area contributed by atoms with Gasteiger partial charge >= 0.3 is 5.97 Å². The third-order valence-corrected chi connectivity index (χ3v) is 5.07. The van der Waals surface area contributed by atoms with Gasteiger partial charge in [0.25, 0.3) is 0 Å². The first kappa shape index (κ1) is 13.7. The Balaban J connectivity index is 0.00000120. The Labute approximate surface area is 117 Å². The molecule has 2 aliphatic rings. The number of carboxylic acids is 1. The molecule has 0 saturated carbocycles. The van der Waals surface area contributed by atoms with Crippen molar-refractivity contribution in [2.45, 2.75) is 37.5 Å². The van der Waals surface area contributed by atoms with Crippen molar-refractivity contribution in [3.63, 3.8) is 0 Å². The minimum atomic E-state index is -0.672. The monoisotopic (exact) mass is 288 g/mol. The zero-order valence-corrected chi connectivity index (χ0v) is 11.7. The molecule has 1 N–H and O–H groups in total. The summed E-state index contributed by atoms with van der Waals surface area (Å²) in [5, 5.41) is 9.58. The molecule has 0 radical (unpaired) electrons. The molecule has 0 amide bonds. The van der Waals surface area contributed by atoms with Crippen LogP contribution in [0.2, 0.25) is 0 Å². The van der Waals surface area contributed by atoms with Crippen LogP contribution in [0.15, 0.2) is 6.20 Å². The Hall–Kier alpha value is -0.680. The fourth-order valence-corrected chi connectivity index (χ4v) is 4.03. The number of thioether (sulfide) groups is 1. The number of hydrogen-bond acceptors (Lipinski definition) is 3. The Morgan fingerprint density at radius 2 is 2.33 bits per heavy atom. The lowest BCUT2D eigenvalue weighted by molar-refractivity contribution is -0.142. The molecule has 2 unspecified atom stereocenters. The molecule has 0 aliphatic carbocycles. The van der Waals surface area contributed by atoms with Crippen LogP contribution >= 0.6 is 24.2 Å². The van der Waals surface area contributed by atoms with Crippen LogP contribution in [0.5, 0.6) is 0 Å². The fraction of sp³-hybridized carbons (Fsp3) is 0.667. The first-order valence-electron chi connectivity index (χ1n) is 6.14. The van der Waals surface area contributed by atoms with E-state index in [1.807, 2.05) is 18.0 Å². The van der Waals surface area contributed by atoms with Crippen molar-refractivity contribution in [2.75, 3.05) is 5.75 Å². The normalized spacial score (nSPS) is 26.4. The number of carbonyl (C=O) groups is 1. The number of imidazole rings is 1. The largest absolute Gasteiger partial charge is 0.481 e. The standard InChI is InChI=1S/C12H16N2O2S.ClH/c15-12(16)8-3-4-14-9(6-8)7-13-11(14)10-2-1-5-17-10;/h7-8,10H,1-6H2,(H,15,16);1H. The van der Waals surface area contributed by atoms with Crippen LogP contribution in [-0.2, 0) is 17.8 Å². The molecular formula is C12H17ClN2O2S. The maximum atomic E-state index is 11.0. The van der Waals surface area contributed by atoms with E-state index in [4.69, 9.17) is 5.11 Å². The number of aromatic nitrogens is 2. The molecule has 0 aromatic carbocycles. The predicted octanol–water partition coefficient (Wildman–Crippen LogP) is 2.52. The second-order valence-electron chi connectivity index (χ2n) is 4.79. The Morgan fingerprint density at radius 1 is 1.50 bits per heavy atom. The zero-order valence-electron chi connectivity index (χ0n) is 10.0. The number of hydrogen-bond donors (Lipinski definition) is 1. The van der Waals surface area contributed by atoms with Gasteiger partial charge in [0.1, 0.15) is 5.82 Å². The van der Waals surface area contributed by atoms with Crippen LogP contribution in [0, 0.1) is 5.92 Å². The van der Waals surface area contributed by atoms with Crippen molar-refractivity contribution in [3.8, 4) is 0 Å². The van der Waals surface area contributed by atoms with E-state index in [0.29, 0.717) is 11.7 Å². The van der Waals surface area contributed by atoms with E-state index < -0.39 is 5.97 Å². The van der Waals surface area contributed by atoms with Crippen molar-refractivity contribution in [2.24, 2.45) is 5.92 Å². The number of carboxylic acid groups (broad SMARTS) is 1. The summed E-state index contributed by atoms with van der Waals surface area (Å²) < 4.78 is 2.25. The fourth-order valence-electron chi connectivity index (χ4n) is 2.74. The molecule has 3 heterocycles. The minimum absolute atomic E-state index is 0. The summed E-state index contributed by atoms with van der Waals surface area (Å²) in [6.45, 7) is 0.818. The van der Waals surface area contributed by atoms with E-state index in [1.165, 1.54) is 24.4 Å². The highest BCUT2D eigenvalue weighted by Crippen LogP contribution is 2.40. The maximum Gasteiger partial charge on any atom is 0.306 e. The quantitative estimate of drug-likeness (QED) is 0.908. The van der Waals surface area contributed by atoms with E-state index in [9.17, 15) is 4.79 Å². The second kappa shape index (κ2) is 5.53. The minimum Gasteiger partial charge on any atom is -0.481 e. The summed E-state index contributed by atoms with van der Waals surface area (Å²) in [6.07, 6.45) is 5.74. The predicted molar refractivity (Wildman–Crippen MR) is 73.4 cm³/mol. The van der Waals surface area contributed by atoms with Crippen LogP contribution in [0.4, 0.5) is 0 Å². The molecule has 2 atom stereocenters. The van der Waals surface area contributed by atoms with E-state index in [-0.39, 0.29) is 18.3 Å². The van der Waals surface area contributed by atoms with E-state index in [1.54, 1.807) is 0 Å². The molecule has 0 spiro atoms. The van der Waals surface area contributed by atoms with Gasteiger partial charge in [0.15, 0.2) is 0 Å². The summed E-state index contributed by atoms with van der Waals surface area (Å²) >= 11 is 1.98. The number of rotatable bonds is 2. The van der Waals surface area contributed by atoms with Crippen LogP contribution < -0.4 is 0 Å². The lowest BCUT2D eigenvalue weighted by Crippen LogP contribution is -2.26. The van der Waals surface area contributed by atoms with Gasteiger partial charge < -0.3 is 9.67 Å². The molecule has 1 aromatic heterocycles. The van der Waals surface area contributed by atoms with Crippen molar-refractivity contribution in [3.05, 3.63) is 17.7 Å². The highest BCUT2D eigenvalue weighted by molar-refractivity contribution is 7.99. The van der Waals surface area contributed by atoms with Crippen molar-refractivity contribution < 1.29 is 9.90 Å². The van der Waals surface area contributed by atoms with E-state index in [2.05, 4.69) is 9.55 Å². The first-order valence-corrected chi connectivity index (χ1v) is 7.19. The van der Waals surface area contributed by atoms with Gasteiger partial charge in [-0.15, -0.1) is 12.4 Å². The highest BCUT2D eigenvalue weighted by atomic mass is 35.5. The van der Waals surface area contributed by atoms with E-state index >= 15 is 0 Å². The van der Waals surface area contributed by atoms with E-state index in [0.717, 1.165) is 18.7 Å². The lowest BCUT2D eigenvalue weighted by Gasteiger charge is -2.23. The SMILES string of the molecule is Cl.O=C(O)C1CCn2c(cnc2C2CCCS2)C1.